The topological polar surface area (TPSA) is 55.8 Å². The van der Waals surface area contributed by atoms with E-state index in [1.807, 2.05) is 14.0 Å². The minimum absolute atomic E-state index is 0.0595. The fourth-order valence-electron chi connectivity index (χ4n) is 5.42. The average Bonchev–Trinajstić information content (AvgIpc) is 3.20. The number of carbonyl (C=O) groups is 2. The monoisotopic (exact) mass is 381 g/mol. The second-order valence-electron chi connectivity index (χ2n) is 9.48. The van der Waals surface area contributed by atoms with Gasteiger partial charge in [-0.2, -0.15) is 0 Å². The van der Waals surface area contributed by atoms with Crippen molar-refractivity contribution in [3.05, 3.63) is 0 Å². The molecule has 2 rings (SSSR count). The van der Waals surface area contributed by atoms with Gasteiger partial charge in [0, 0.05) is 7.05 Å². The molecule has 5 unspecified atom stereocenters. The number of nitrogens with zero attached hydrogens (tertiary/aromatic N) is 1. The van der Waals surface area contributed by atoms with Crippen molar-refractivity contribution in [2.24, 2.45) is 29.1 Å². The summed E-state index contributed by atoms with van der Waals surface area (Å²) in [6, 6.07) is 0. The fraction of sp³-hybridized carbons (Fsp3) is 0.909. The van der Waals surface area contributed by atoms with Crippen molar-refractivity contribution in [1.29, 1.82) is 0 Å². The lowest BCUT2D eigenvalue weighted by Gasteiger charge is -2.52. The molecule has 0 radical (unpaired) electrons. The summed E-state index contributed by atoms with van der Waals surface area (Å²) in [6.07, 6.45) is 5.81. The second kappa shape index (κ2) is 8.40. The Hall–Kier alpha value is -1.26. The van der Waals surface area contributed by atoms with Gasteiger partial charge < -0.3 is 14.4 Å². The van der Waals surface area contributed by atoms with Gasteiger partial charge in [0.05, 0.1) is 11.5 Å². The molecule has 0 saturated heterocycles. The zero-order valence-corrected chi connectivity index (χ0v) is 18.3. The molecule has 0 aliphatic heterocycles. The molecule has 1 amide bonds. The second-order valence-corrected chi connectivity index (χ2v) is 9.48. The molecule has 0 spiro atoms. The van der Waals surface area contributed by atoms with Crippen molar-refractivity contribution >= 4 is 12.1 Å². The summed E-state index contributed by atoms with van der Waals surface area (Å²) < 4.78 is 10.6. The number of fused-ring (bicyclic) bond motifs is 2. The maximum absolute atomic E-state index is 12.7. The van der Waals surface area contributed by atoms with E-state index in [9.17, 15) is 9.59 Å². The highest BCUT2D eigenvalue weighted by atomic mass is 16.7. The standard InChI is InChI=1S/C22H39NO4/c1-8-15(3)12-16(9-2)19(24)26-14-27-20(25)23(7)22(6)18-11-10-17(13-18)21(22,4)5/h15-18H,8-14H2,1-7H3. The van der Waals surface area contributed by atoms with E-state index in [-0.39, 0.29) is 29.6 Å². The summed E-state index contributed by atoms with van der Waals surface area (Å²) in [5.74, 6) is 1.26. The maximum Gasteiger partial charge on any atom is 0.412 e. The van der Waals surface area contributed by atoms with Crippen LogP contribution in [0.4, 0.5) is 4.79 Å². The summed E-state index contributed by atoms with van der Waals surface area (Å²) >= 11 is 0. The van der Waals surface area contributed by atoms with Gasteiger partial charge in [-0.15, -0.1) is 0 Å². The van der Waals surface area contributed by atoms with Gasteiger partial charge in [0.25, 0.3) is 0 Å². The van der Waals surface area contributed by atoms with E-state index in [2.05, 4.69) is 34.6 Å². The highest BCUT2D eigenvalue weighted by Gasteiger charge is 2.63. The Kier molecular flexibility index (Phi) is 6.86. The SMILES string of the molecule is CCC(C)CC(CC)C(=O)OCOC(=O)N(C)C1(C)C2CCC(C2)C1(C)C. The summed E-state index contributed by atoms with van der Waals surface area (Å²) in [5.41, 5.74) is -0.163. The lowest BCUT2D eigenvalue weighted by Crippen LogP contribution is -2.59. The van der Waals surface area contributed by atoms with E-state index >= 15 is 0 Å². The largest absolute Gasteiger partial charge is 0.428 e. The minimum atomic E-state index is -0.402. The van der Waals surface area contributed by atoms with E-state index in [0.29, 0.717) is 17.8 Å². The van der Waals surface area contributed by atoms with Crippen LogP contribution >= 0.6 is 0 Å². The van der Waals surface area contributed by atoms with Crippen molar-refractivity contribution < 1.29 is 19.1 Å². The molecular formula is C22H39NO4. The predicted molar refractivity (Wildman–Crippen MR) is 106 cm³/mol. The first-order valence-electron chi connectivity index (χ1n) is 10.7. The number of carbonyl (C=O) groups excluding carboxylic acids is 2. The van der Waals surface area contributed by atoms with Crippen LogP contribution in [0.2, 0.25) is 0 Å². The summed E-state index contributed by atoms with van der Waals surface area (Å²) in [5, 5.41) is 0. The van der Waals surface area contributed by atoms with Gasteiger partial charge in [-0.25, -0.2) is 4.79 Å². The van der Waals surface area contributed by atoms with Crippen LogP contribution in [0.1, 0.15) is 80.1 Å². The zero-order chi connectivity index (χ0) is 20.4. The van der Waals surface area contributed by atoms with Gasteiger partial charge in [-0.05, 0) is 62.2 Å². The Morgan fingerprint density at radius 2 is 1.70 bits per heavy atom. The molecular weight excluding hydrogens is 342 g/mol. The molecule has 2 bridgehead atoms. The van der Waals surface area contributed by atoms with Crippen molar-refractivity contribution in [2.75, 3.05) is 13.8 Å². The minimum Gasteiger partial charge on any atom is -0.428 e. The van der Waals surface area contributed by atoms with Crippen LogP contribution in [0, 0.1) is 29.1 Å². The van der Waals surface area contributed by atoms with Crippen LogP contribution in [0.5, 0.6) is 0 Å². The molecule has 0 aromatic heterocycles. The first-order valence-corrected chi connectivity index (χ1v) is 10.7. The van der Waals surface area contributed by atoms with E-state index in [4.69, 9.17) is 9.47 Å². The Bertz CT molecular complexity index is 546. The lowest BCUT2D eigenvalue weighted by atomic mass is 9.63. The van der Waals surface area contributed by atoms with Crippen molar-refractivity contribution in [3.63, 3.8) is 0 Å². The Balaban J connectivity index is 1.87. The van der Waals surface area contributed by atoms with Gasteiger partial charge in [0.2, 0.25) is 6.79 Å². The third-order valence-corrected chi connectivity index (χ3v) is 8.12. The molecule has 0 aromatic carbocycles. The number of rotatable bonds is 8. The van der Waals surface area contributed by atoms with Gasteiger partial charge in [0.15, 0.2) is 0 Å². The third-order valence-electron chi connectivity index (χ3n) is 8.12. The van der Waals surface area contributed by atoms with E-state index < -0.39 is 6.09 Å². The van der Waals surface area contributed by atoms with E-state index in [0.717, 1.165) is 19.3 Å². The number of esters is 1. The average molecular weight is 382 g/mol. The molecule has 2 aliphatic rings. The Morgan fingerprint density at radius 1 is 1.07 bits per heavy atom. The predicted octanol–water partition coefficient (Wildman–Crippen LogP) is 5.23. The molecule has 27 heavy (non-hydrogen) atoms. The third kappa shape index (κ3) is 3.97. The maximum atomic E-state index is 12.7. The summed E-state index contributed by atoms with van der Waals surface area (Å²) in [4.78, 5) is 26.7. The molecule has 0 N–H and O–H groups in total. The van der Waals surface area contributed by atoms with E-state index in [1.165, 1.54) is 19.3 Å². The number of hydrogen-bond donors (Lipinski definition) is 0. The highest BCUT2D eigenvalue weighted by molar-refractivity contribution is 5.73. The van der Waals surface area contributed by atoms with Crippen LogP contribution in [0.3, 0.4) is 0 Å². The van der Waals surface area contributed by atoms with Gasteiger partial charge in [-0.1, -0.05) is 41.0 Å². The molecule has 2 aliphatic carbocycles. The summed E-state index contributed by atoms with van der Waals surface area (Å²) in [6.45, 7) is 12.7. The molecule has 5 nitrogen and oxygen atoms in total. The lowest BCUT2D eigenvalue weighted by molar-refractivity contribution is -0.159. The smallest absolute Gasteiger partial charge is 0.412 e. The van der Waals surface area contributed by atoms with Crippen LogP contribution in [0.15, 0.2) is 0 Å². The fourth-order valence-corrected chi connectivity index (χ4v) is 5.42. The molecule has 156 valence electrons. The van der Waals surface area contributed by atoms with Crippen LogP contribution in [-0.2, 0) is 14.3 Å². The first-order chi connectivity index (χ1) is 12.6. The molecule has 0 aromatic rings. The molecule has 0 heterocycles. The molecule has 2 saturated carbocycles. The Labute approximate surface area is 165 Å². The molecule has 2 fully saturated rings. The van der Waals surface area contributed by atoms with Crippen molar-refractivity contribution in [3.8, 4) is 0 Å². The van der Waals surface area contributed by atoms with Crippen molar-refractivity contribution in [1.82, 2.24) is 4.90 Å². The normalized spacial score (nSPS) is 30.6. The van der Waals surface area contributed by atoms with Crippen LogP contribution < -0.4 is 0 Å². The Morgan fingerprint density at radius 3 is 2.22 bits per heavy atom. The van der Waals surface area contributed by atoms with Crippen LogP contribution in [0.25, 0.3) is 0 Å². The zero-order valence-electron chi connectivity index (χ0n) is 18.3. The summed E-state index contributed by atoms with van der Waals surface area (Å²) in [7, 11) is 1.82. The highest BCUT2D eigenvalue weighted by Crippen LogP contribution is 2.63. The van der Waals surface area contributed by atoms with Gasteiger partial charge in [0.1, 0.15) is 0 Å². The number of amides is 1. The van der Waals surface area contributed by atoms with Gasteiger partial charge >= 0.3 is 12.1 Å². The van der Waals surface area contributed by atoms with Crippen LogP contribution in [-0.4, -0.2) is 36.3 Å². The number of hydrogen-bond acceptors (Lipinski definition) is 4. The quantitative estimate of drug-likeness (QED) is 0.426. The molecule has 5 heteroatoms. The van der Waals surface area contributed by atoms with E-state index in [1.54, 1.807) is 4.90 Å². The number of ether oxygens (including phenoxy) is 2. The first kappa shape index (κ1) is 22.0. The molecule has 5 atom stereocenters. The van der Waals surface area contributed by atoms with Gasteiger partial charge in [-0.3, -0.25) is 4.79 Å². The van der Waals surface area contributed by atoms with Crippen molar-refractivity contribution in [2.45, 2.75) is 85.6 Å².